The Labute approximate surface area is 171 Å². The van der Waals surface area contributed by atoms with Crippen molar-refractivity contribution in [3.8, 4) is 17.1 Å². The fraction of sp³-hybridized carbons (Fsp3) is 0.636. The maximum atomic E-state index is 9.60. The zero-order valence-corrected chi connectivity index (χ0v) is 17.5. The van der Waals surface area contributed by atoms with Crippen LogP contribution in [0, 0.1) is 5.41 Å². The molecule has 2 aromatic rings. The molecule has 5 rings (SSSR count). The Kier molecular flexibility index (Phi) is 5.17. The maximum Gasteiger partial charge on any atom is 0.182 e. The van der Waals surface area contributed by atoms with Crippen LogP contribution < -0.4 is 0 Å². The monoisotopic (exact) mass is 403 g/mol. The molecule has 3 saturated carbocycles. The predicted octanol–water partition coefficient (Wildman–Crippen LogP) is 4.98. The SMILES string of the molecule is CC(O)CCCC12CCC(c3nc(-c4ccc(O)cc4Cl)nn3C)(CC1)CC2. The third-order valence-electron chi connectivity index (χ3n) is 7.16. The molecule has 3 aliphatic rings. The third kappa shape index (κ3) is 3.55. The second-order valence-electron chi connectivity index (χ2n) is 9.07. The number of aryl methyl sites for hydroxylation is 1. The van der Waals surface area contributed by atoms with Crippen molar-refractivity contribution in [3.63, 3.8) is 0 Å². The molecule has 2 bridgehead atoms. The van der Waals surface area contributed by atoms with Gasteiger partial charge in [-0.05, 0) is 81.9 Å². The minimum atomic E-state index is -0.188. The Morgan fingerprint density at radius 3 is 2.46 bits per heavy atom. The van der Waals surface area contributed by atoms with Gasteiger partial charge in [0.15, 0.2) is 5.82 Å². The molecule has 6 heteroatoms. The van der Waals surface area contributed by atoms with E-state index in [1.807, 2.05) is 18.7 Å². The molecular weight excluding hydrogens is 374 g/mol. The molecular formula is C22H30ClN3O2. The van der Waals surface area contributed by atoms with E-state index in [1.54, 1.807) is 12.1 Å². The largest absolute Gasteiger partial charge is 0.508 e. The quantitative estimate of drug-likeness (QED) is 0.713. The number of hydrogen-bond acceptors (Lipinski definition) is 4. The van der Waals surface area contributed by atoms with Crippen LogP contribution in [0.4, 0.5) is 0 Å². The number of nitrogens with zero attached hydrogens (tertiary/aromatic N) is 3. The van der Waals surface area contributed by atoms with Crippen LogP contribution >= 0.6 is 11.6 Å². The predicted molar refractivity (Wildman–Crippen MR) is 110 cm³/mol. The number of halogens is 1. The van der Waals surface area contributed by atoms with E-state index >= 15 is 0 Å². The Bertz CT molecular complexity index is 837. The maximum absolute atomic E-state index is 9.60. The van der Waals surface area contributed by atoms with Crippen molar-refractivity contribution in [2.75, 3.05) is 0 Å². The minimum Gasteiger partial charge on any atom is -0.508 e. The molecule has 1 aromatic heterocycles. The van der Waals surface area contributed by atoms with Crippen LogP contribution in [-0.2, 0) is 12.5 Å². The number of fused-ring (bicyclic) bond motifs is 3. The van der Waals surface area contributed by atoms with E-state index in [1.165, 1.54) is 31.7 Å². The number of aromatic hydroxyl groups is 1. The van der Waals surface area contributed by atoms with Crippen LogP contribution in [0.25, 0.3) is 11.4 Å². The summed E-state index contributed by atoms with van der Waals surface area (Å²) in [5.41, 5.74) is 1.35. The van der Waals surface area contributed by atoms with E-state index in [-0.39, 0.29) is 17.3 Å². The van der Waals surface area contributed by atoms with E-state index in [0.29, 0.717) is 16.3 Å². The van der Waals surface area contributed by atoms with Gasteiger partial charge in [-0.3, -0.25) is 4.68 Å². The lowest BCUT2D eigenvalue weighted by Crippen LogP contribution is -2.45. The van der Waals surface area contributed by atoms with E-state index in [9.17, 15) is 10.2 Å². The summed E-state index contributed by atoms with van der Waals surface area (Å²) < 4.78 is 1.93. The van der Waals surface area contributed by atoms with Crippen molar-refractivity contribution >= 4 is 11.6 Å². The molecule has 28 heavy (non-hydrogen) atoms. The van der Waals surface area contributed by atoms with Crippen LogP contribution in [0.15, 0.2) is 18.2 Å². The molecule has 152 valence electrons. The third-order valence-corrected chi connectivity index (χ3v) is 7.47. The van der Waals surface area contributed by atoms with E-state index < -0.39 is 0 Å². The van der Waals surface area contributed by atoms with Crippen LogP contribution in [-0.4, -0.2) is 31.1 Å². The minimum absolute atomic E-state index is 0.120. The zero-order chi connectivity index (χ0) is 19.9. The van der Waals surface area contributed by atoms with Crippen molar-refractivity contribution in [2.24, 2.45) is 12.5 Å². The van der Waals surface area contributed by atoms with Gasteiger partial charge in [0.05, 0.1) is 11.1 Å². The summed E-state index contributed by atoms with van der Waals surface area (Å²) in [7, 11) is 1.98. The van der Waals surface area contributed by atoms with Crippen molar-refractivity contribution in [1.29, 1.82) is 0 Å². The molecule has 2 N–H and O–H groups in total. The number of hydrogen-bond donors (Lipinski definition) is 2. The van der Waals surface area contributed by atoms with Crippen LogP contribution in [0.2, 0.25) is 5.02 Å². The highest BCUT2D eigenvalue weighted by Crippen LogP contribution is 2.59. The lowest BCUT2D eigenvalue weighted by atomic mass is 9.52. The molecule has 1 unspecified atom stereocenters. The topological polar surface area (TPSA) is 71.2 Å². The molecule has 0 spiro atoms. The van der Waals surface area contributed by atoms with E-state index in [2.05, 4.69) is 5.10 Å². The normalized spacial score (nSPS) is 27.9. The second-order valence-corrected chi connectivity index (χ2v) is 9.48. The molecule has 0 saturated heterocycles. The number of rotatable bonds is 6. The highest BCUT2D eigenvalue weighted by Gasteiger charge is 2.51. The summed E-state index contributed by atoms with van der Waals surface area (Å²) in [5, 5.41) is 24.3. The van der Waals surface area contributed by atoms with Crippen molar-refractivity contribution in [3.05, 3.63) is 29.0 Å². The Hall–Kier alpha value is -1.59. The van der Waals surface area contributed by atoms with Crippen molar-refractivity contribution < 1.29 is 10.2 Å². The van der Waals surface area contributed by atoms with Gasteiger partial charge in [-0.1, -0.05) is 18.0 Å². The first-order valence-corrected chi connectivity index (χ1v) is 10.8. The van der Waals surface area contributed by atoms with Crippen LogP contribution in [0.3, 0.4) is 0 Å². The van der Waals surface area contributed by atoms with Gasteiger partial charge in [0.25, 0.3) is 0 Å². The summed E-state index contributed by atoms with van der Waals surface area (Å²) in [6.45, 7) is 1.89. The highest BCUT2D eigenvalue weighted by molar-refractivity contribution is 6.33. The van der Waals surface area contributed by atoms with Gasteiger partial charge in [0.2, 0.25) is 0 Å². The molecule has 0 aliphatic heterocycles. The van der Waals surface area contributed by atoms with Gasteiger partial charge in [-0.2, -0.15) is 5.10 Å². The first-order valence-electron chi connectivity index (χ1n) is 10.4. The standard InChI is InChI=1S/C22H30ClN3O2/c1-15(27)4-3-7-21-8-11-22(12-9-21,13-10-21)20-24-19(25-26(20)2)17-6-5-16(28)14-18(17)23/h5-6,14-15,27-28H,3-4,7-13H2,1-2H3. The van der Waals surface area contributed by atoms with Crippen LogP contribution in [0.1, 0.15) is 70.5 Å². The van der Waals surface area contributed by atoms with Gasteiger partial charge in [0.1, 0.15) is 11.6 Å². The second kappa shape index (κ2) is 7.34. The molecule has 3 aliphatic carbocycles. The average Bonchev–Trinajstić information content (AvgIpc) is 3.05. The summed E-state index contributed by atoms with van der Waals surface area (Å²) in [6, 6.07) is 4.94. The van der Waals surface area contributed by atoms with Gasteiger partial charge in [0, 0.05) is 18.0 Å². The zero-order valence-electron chi connectivity index (χ0n) is 16.8. The fourth-order valence-electron chi connectivity index (χ4n) is 5.39. The molecule has 0 radical (unpaired) electrons. The summed E-state index contributed by atoms with van der Waals surface area (Å²) >= 11 is 6.31. The average molecular weight is 404 g/mol. The van der Waals surface area contributed by atoms with E-state index in [4.69, 9.17) is 16.6 Å². The van der Waals surface area contributed by atoms with Crippen molar-refractivity contribution in [1.82, 2.24) is 14.8 Å². The Morgan fingerprint density at radius 2 is 1.86 bits per heavy atom. The highest BCUT2D eigenvalue weighted by atomic mass is 35.5. The number of benzene rings is 1. The number of phenols is 1. The Morgan fingerprint density at radius 1 is 1.18 bits per heavy atom. The summed E-state index contributed by atoms with van der Waals surface area (Å²) in [4.78, 5) is 4.92. The lowest BCUT2D eigenvalue weighted by Gasteiger charge is -2.53. The molecule has 3 fully saturated rings. The summed E-state index contributed by atoms with van der Waals surface area (Å²) in [5.74, 6) is 1.86. The first-order chi connectivity index (χ1) is 13.3. The fourth-order valence-corrected chi connectivity index (χ4v) is 5.65. The van der Waals surface area contributed by atoms with Gasteiger partial charge < -0.3 is 10.2 Å². The van der Waals surface area contributed by atoms with Crippen LogP contribution in [0.5, 0.6) is 5.75 Å². The lowest BCUT2D eigenvalue weighted by molar-refractivity contribution is 0.0222. The number of aromatic nitrogens is 3. The molecule has 1 atom stereocenters. The number of aliphatic hydroxyl groups excluding tert-OH is 1. The summed E-state index contributed by atoms with van der Waals surface area (Å²) in [6.07, 6.45) is 10.3. The number of aliphatic hydroxyl groups is 1. The van der Waals surface area contributed by atoms with Gasteiger partial charge in [-0.25, -0.2) is 4.98 Å². The van der Waals surface area contributed by atoms with E-state index in [0.717, 1.165) is 43.5 Å². The Balaban J connectivity index is 1.53. The van der Waals surface area contributed by atoms with Gasteiger partial charge in [-0.15, -0.1) is 0 Å². The molecule has 1 aromatic carbocycles. The van der Waals surface area contributed by atoms with Gasteiger partial charge >= 0.3 is 0 Å². The molecule has 1 heterocycles. The molecule has 0 amide bonds. The molecule has 5 nitrogen and oxygen atoms in total. The smallest absolute Gasteiger partial charge is 0.182 e. The first kappa shape index (κ1) is 19.7. The number of phenolic OH excluding ortho intramolecular Hbond substituents is 1. The van der Waals surface area contributed by atoms with Crippen molar-refractivity contribution in [2.45, 2.75) is 76.2 Å².